The number of aromatic nitrogens is 1. The highest BCUT2D eigenvalue weighted by atomic mass is 32.1. The number of rotatable bonds is 3. The molecule has 1 aliphatic rings. The smallest absolute Gasteiger partial charge is 0.318 e. The third kappa shape index (κ3) is 2.83. The second kappa shape index (κ2) is 6.53. The van der Waals surface area contributed by atoms with Crippen molar-refractivity contribution in [3.63, 3.8) is 0 Å². The molecule has 0 bridgehead atoms. The van der Waals surface area contributed by atoms with Gasteiger partial charge in [-0.15, -0.1) is 11.3 Å². The number of nitrogens with zero attached hydrogens (tertiary/aromatic N) is 2. The number of hydrogen-bond donors (Lipinski definition) is 1. The van der Waals surface area contributed by atoms with E-state index in [1.807, 2.05) is 41.3 Å². The van der Waals surface area contributed by atoms with Crippen molar-refractivity contribution in [1.29, 1.82) is 0 Å². The molecule has 0 fully saturated rings. The normalized spacial score (nSPS) is 16.7. The van der Waals surface area contributed by atoms with Gasteiger partial charge in [0.15, 0.2) is 0 Å². The molecule has 1 aromatic carbocycles. The summed E-state index contributed by atoms with van der Waals surface area (Å²) < 4.78 is 2.24. The van der Waals surface area contributed by atoms with Gasteiger partial charge in [0.1, 0.15) is 6.04 Å². The lowest BCUT2D eigenvalue weighted by atomic mass is 10.1. The Morgan fingerprint density at radius 2 is 1.96 bits per heavy atom. The van der Waals surface area contributed by atoms with E-state index in [0.29, 0.717) is 13.1 Å². The third-order valence-electron chi connectivity index (χ3n) is 4.40. The Morgan fingerprint density at radius 3 is 2.75 bits per heavy atom. The van der Waals surface area contributed by atoms with Crippen LogP contribution in [0.1, 0.15) is 22.2 Å². The van der Waals surface area contributed by atoms with E-state index in [4.69, 9.17) is 0 Å². The predicted molar refractivity (Wildman–Crippen MR) is 96.0 cm³/mol. The van der Waals surface area contributed by atoms with E-state index in [-0.39, 0.29) is 12.1 Å². The molecule has 1 aliphatic heterocycles. The maximum absolute atomic E-state index is 12.8. The summed E-state index contributed by atoms with van der Waals surface area (Å²) in [5.41, 5.74) is 2.29. The van der Waals surface area contributed by atoms with Crippen molar-refractivity contribution in [2.75, 3.05) is 6.54 Å². The molecule has 3 aromatic rings. The maximum atomic E-state index is 12.8. The Labute approximate surface area is 145 Å². The topological polar surface area (TPSA) is 37.3 Å². The summed E-state index contributed by atoms with van der Waals surface area (Å²) in [6.07, 6.45) is 2.09. The van der Waals surface area contributed by atoms with E-state index >= 15 is 0 Å². The van der Waals surface area contributed by atoms with E-state index in [0.717, 1.165) is 12.1 Å². The van der Waals surface area contributed by atoms with Crippen molar-refractivity contribution in [2.45, 2.75) is 19.1 Å². The minimum atomic E-state index is -0.00970. The first-order chi connectivity index (χ1) is 11.8. The SMILES string of the molecule is O=C(NCc1ccccc1)N1CCn2cccc2[C@H]1c1cccs1. The van der Waals surface area contributed by atoms with Crippen LogP contribution in [0.2, 0.25) is 0 Å². The molecule has 2 aromatic heterocycles. The molecule has 4 nitrogen and oxygen atoms in total. The fourth-order valence-corrected chi connectivity index (χ4v) is 4.07. The van der Waals surface area contributed by atoms with Crippen molar-refractivity contribution in [3.05, 3.63) is 82.3 Å². The number of benzene rings is 1. The van der Waals surface area contributed by atoms with Crippen molar-refractivity contribution in [2.24, 2.45) is 0 Å². The number of urea groups is 1. The van der Waals surface area contributed by atoms with Gasteiger partial charge >= 0.3 is 6.03 Å². The highest BCUT2D eigenvalue weighted by Gasteiger charge is 2.32. The molecule has 1 N–H and O–H groups in total. The van der Waals surface area contributed by atoms with Gasteiger partial charge in [-0.25, -0.2) is 4.79 Å². The molecule has 1 atom stereocenters. The minimum Gasteiger partial charge on any atom is -0.347 e. The third-order valence-corrected chi connectivity index (χ3v) is 5.32. The number of carbonyl (C=O) groups is 1. The summed E-state index contributed by atoms with van der Waals surface area (Å²) in [7, 11) is 0. The lowest BCUT2D eigenvalue weighted by molar-refractivity contribution is 0.169. The quantitative estimate of drug-likeness (QED) is 0.774. The zero-order chi connectivity index (χ0) is 16.4. The van der Waals surface area contributed by atoms with E-state index < -0.39 is 0 Å². The molecule has 2 amide bonds. The van der Waals surface area contributed by atoms with E-state index in [9.17, 15) is 4.79 Å². The second-order valence-electron chi connectivity index (χ2n) is 5.88. The summed E-state index contributed by atoms with van der Waals surface area (Å²) in [6, 6.07) is 18.3. The van der Waals surface area contributed by atoms with Gasteiger partial charge in [0.2, 0.25) is 0 Å². The Bertz CT molecular complexity index is 810. The molecule has 5 heteroatoms. The van der Waals surface area contributed by atoms with Crippen molar-refractivity contribution < 1.29 is 4.79 Å². The van der Waals surface area contributed by atoms with Gasteiger partial charge in [0.05, 0.1) is 0 Å². The number of amides is 2. The monoisotopic (exact) mass is 337 g/mol. The van der Waals surface area contributed by atoms with Gasteiger partial charge < -0.3 is 14.8 Å². The van der Waals surface area contributed by atoms with Crippen LogP contribution in [0.5, 0.6) is 0 Å². The maximum Gasteiger partial charge on any atom is 0.318 e. The first-order valence-electron chi connectivity index (χ1n) is 8.10. The molecule has 122 valence electrons. The van der Waals surface area contributed by atoms with Crippen LogP contribution in [0.15, 0.2) is 66.2 Å². The van der Waals surface area contributed by atoms with Crippen LogP contribution in [-0.2, 0) is 13.1 Å². The highest BCUT2D eigenvalue weighted by molar-refractivity contribution is 7.10. The molecule has 0 unspecified atom stereocenters. The van der Waals surface area contributed by atoms with Crippen LogP contribution < -0.4 is 5.32 Å². The lowest BCUT2D eigenvalue weighted by Crippen LogP contribution is -2.46. The molecule has 0 radical (unpaired) electrons. The van der Waals surface area contributed by atoms with Crippen LogP contribution >= 0.6 is 11.3 Å². The van der Waals surface area contributed by atoms with Crippen molar-refractivity contribution in [1.82, 2.24) is 14.8 Å². The predicted octanol–water partition coefficient (Wildman–Crippen LogP) is 3.86. The van der Waals surface area contributed by atoms with Crippen molar-refractivity contribution in [3.8, 4) is 0 Å². The summed E-state index contributed by atoms with van der Waals surface area (Å²) in [5, 5.41) is 5.13. The van der Waals surface area contributed by atoms with Crippen LogP contribution in [0.25, 0.3) is 0 Å². The number of thiophene rings is 1. The average molecular weight is 337 g/mol. The van der Waals surface area contributed by atoms with Crippen LogP contribution in [0.4, 0.5) is 4.79 Å². The van der Waals surface area contributed by atoms with Gasteiger partial charge in [-0.05, 0) is 29.1 Å². The van der Waals surface area contributed by atoms with E-state index in [2.05, 4.69) is 39.7 Å². The molecule has 3 heterocycles. The number of nitrogens with one attached hydrogen (secondary N) is 1. The van der Waals surface area contributed by atoms with Gasteiger partial charge in [-0.1, -0.05) is 36.4 Å². The summed E-state index contributed by atoms with van der Waals surface area (Å²) >= 11 is 1.70. The minimum absolute atomic E-state index is 0.00953. The molecule has 0 aliphatic carbocycles. The Hall–Kier alpha value is -2.53. The zero-order valence-electron chi connectivity index (χ0n) is 13.3. The second-order valence-corrected chi connectivity index (χ2v) is 6.86. The standard InChI is InChI=1S/C19H19N3OS/c23-19(20-14-15-6-2-1-3-7-15)22-12-11-21-10-4-8-16(21)18(22)17-9-5-13-24-17/h1-10,13,18H,11-12,14H2,(H,20,23)/t18-/m0/s1. The van der Waals surface area contributed by atoms with Crippen LogP contribution in [0.3, 0.4) is 0 Å². The van der Waals surface area contributed by atoms with Crippen LogP contribution in [0, 0.1) is 0 Å². The molecule has 0 spiro atoms. The van der Waals surface area contributed by atoms with Crippen molar-refractivity contribution >= 4 is 17.4 Å². The number of carbonyl (C=O) groups excluding carboxylic acids is 1. The van der Waals surface area contributed by atoms with E-state index in [1.54, 1.807) is 11.3 Å². The summed E-state index contributed by atoms with van der Waals surface area (Å²) in [6.45, 7) is 2.10. The molecule has 0 saturated carbocycles. The zero-order valence-corrected chi connectivity index (χ0v) is 14.1. The number of hydrogen-bond acceptors (Lipinski definition) is 2. The largest absolute Gasteiger partial charge is 0.347 e. The Kier molecular flexibility index (Phi) is 4.09. The van der Waals surface area contributed by atoms with Crippen LogP contribution in [-0.4, -0.2) is 22.0 Å². The summed E-state index contributed by atoms with van der Waals surface area (Å²) in [4.78, 5) is 16.0. The first kappa shape index (κ1) is 15.0. The molecular formula is C19H19N3OS. The Morgan fingerprint density at radius 1 is 1.08 bits per heavy atom. The van der Waals surface area contributed by atoms with Gasteiger partial charge in [0, 0.05) is 36.4 Å². The first-order valence-corrected chi connectivity index (χ1v) is 8.98. The molecule has 24 heavy (non-hydrogen) atoms. The highest BCUT2D eigenvalue weighted by Crippen LogP contribution is 2.34. The average Bonchev–Trinajstić information content (AvgIpc) is 3.31. The molecule has 4 rings (SSSR count). The molecule has 0 saturated heterocycles. The molecular weight excluding hydrogens is 318 g/mol. The van der Waals surface area contributed by atoms with Gasteiger partial charge in [-0.3, -0.25) is 0 Å². The summed E-state index contributed by atoms with van der Waals surface area (Å²) in [5.74, 6) is 0. The fourth-order valence-electron chi connectivity index (χ4n) is 3.22. The van der Waals surface area contributed by atoms with Gasteiger partial charge in [-0.2, -0.15) is 0 Å². The van der Waals surface area contributed by atoms with Gasteiger partial charge in [0.25, 0.3) is 0 Å². The Balaban J connectivity index is 1.56. The lowest BCUT2D eigenvalue weighted by Gasteiger charge is -2.36. The number of fused-ring (bicyclic) bond motifs is 1. The van der Waals surface area contributed by atoms with E-state index in [1.165, 1.54) is 10.6 Å². The fraction of sp³-hybridized carbons (Fsp3) is 0.211.